The van der Waals surface area contributed by atoms with E-state index in [1.165, 1.54) is 0 Å². The number of aliphatic hydroxyl groups excluding tert-OH is 1. The Labute approximate surface area is 167 Å². The highest BCUT2D eigenvalue weighted by molar-refractivity contribution is 6.74. The summed E-state index contributed by atoms with van der Waals surface area (Å²) in [4.78, 5) is 0. The maximum absolute atomic E-state index is 9.58. The summed E-state index contributed by atoms with van der Waals surface area (Å²) in [6, 6.07) is 7.98. The Kier molecular flexibility index (Phi) is 9.49. The molecule has 0 aliphatic heterocycles. The van der Waals surface area contributed by atoms with E-state index in [9.17, 15) is 5.11 Å². The first-order valence-corrected chi connectivity index (χ1v) is 13.0. The number of hydrogen-bond donors (Lipinski definition) is 1. The van der Waals surface area contributed by atoms with E-state index in [1.807, 2.05) is 24.3 Å². The van der Waals surface area contributed by atoms with E-state index in [2.05, 4.69) is 47.7 Å². The molecule has 0 aliphatic carbocycles. The summed E-state index contributed by atoms with van der Waals surface area (Å²) >= 11 is 0. The maximum Gasteiger partial charge on any atom is 0.192 e. The Morgan fingerprint density at radius 3 is 2.11 bits per heavy atom. The minimum atomic E-state index is -1.90. The summed E-state index contributed by atoms with van der Waals surface area (Å²) in [7, 11) is -0.234. The van der Waals surface area contributed by atoms with Crippen LogP contribution < -0.4 is 4.74 Å². The summed E-state index contributed by atoms with van der Waals surface area (Å²) in [6.07, 6.45) is 1.67. The molecule has 0 spiro atoms. The van der Waals surface area contributed by atoms with Crippen molar-refractivity contribution in [1.82, 2.24) is 0 Å². The molecule has 27 heavy (non-hydrogen) atoms. The molecule has 0 radical (unpaired) electrons. The third kappa shape index (κ3) is 7.22. The van der Waals surface area contributed by atoms with E-state index >= 15 is 0 Å². The Hall–Kier alpha value is -0.883. The fraction of sp³-hybridized carbons (Fsp3) is 0.727. The van der Waals surface area contributed by atoms with Crippen molar-refractivity contribution in [1.29, 1.82) is 0 Å². The van der Waals surface area contributed by atoms with Gasteiger partial charge in [-0.15, -0.1) is 0 Å². The third-order valence-corrected chi connectivity index (χ3v) is 10.4. The quantitative estimate of drug-likeness (QED) is 0.509. The molecule has 1 aromatic rings. The molecular formula is C22H40O4Si. The molecule has 0 saturated carbocycles. The lowest BCUT2D eigenvalue weighted by molar-refractivity contribution is -0.0409. The zero-order valence-corrected chi connectivity index (χ0v) is 19.5. The number of rotatable bonds is 11. The summed E-state index contributed by atoms with van der Waals surface area (Å²) in [5.74, 6) is 1.07. The monoisotopic (exact) mass is 396 g/mol. The Bertz CT molecular complexity index is 536. The highest BCUT2D eigenvalue weighted by Gasteiger charge is 2.41. The van der Waals surface area contributed by atoms with Crippen molar-refractivity contribution in [3.8, 4) is 5.75 Å². The van der Waals surface area contributed by atoms with E-state index in [0.717, 1.165) is 17.7 Å². The molecule has 1 aromatic carbocycles. The molecule has 0 saturated heterocycles. The molecule has 0 unspecified atom stereocenters. The first kappa shape index (κ1) is 24.2. The smallest absolute Gasteiger partial charge is 0.192 e. The molecule has 1 N–H and O–H groups in total. The number of methoxy groups -OCH3 is 1. The molecule has 0 amide bonds. The molecule has 0 bridgehead atoms. The number of aliphatic hydroxyl groups is 1. The molecule has 5 heteroatoms. The molecule has 0 aromatic heterocycles. The minimum Gasteiger partial charge on any atom is -0.497 e. The van der Waals surface area contributed by atoms with Crippen molar-refractivity contribution < 1.29 is 19.0 Å². The van der Waals surface area contributed by atoms with Gasteiger partial charge in [0.1, 0.15) is 5.75 Å². The second-order valence-corrected chi connectivity index (χ2v) is 13.7. The highest BCUT2D eigenvalue weighted by Crippen LogP contribution is 2.39. The fourth-order valence-corrected chi connectivity index (χ4v) is 4.36. The maximum atomic E-state index is 9.58. The minimum absolute atomic E-state index is 0.0108. The van der Waals surface area contributed by atoms with Crippen LogP contribution in [0.15, 0.2) is 24.3 Å². The lowest BCUT2D eigenvalue weighted by Gasteiger charge is -2.42. The van der Waals surface area contributed by atoms with Crippen molar-refractivity contribution in [3.05, 3.63) is 29.8 Å². The van der Waals surface area contributed by atoms with Crippen molar-refractivity contribution in [3.63, 3.8) is 0 Å². The number of ether oxygens (including phenoxy) is 2. The Balaban J connectivity index is 2.79. The van der Waals surface area contributed by atoms with Crippen LogP contribution in [0.3, 0.4) is 0 Å². The van der Waals surface area contributed by atoms with Crippen LogP contribution in [0.4, 0.5) is 0 Å². The molecule has 4 nitrogen and oxygen atoms in total. The number of benzene rings is 1. The summed E-state index contributed by atoms with van der Waals surface area (Å²) in [5, 5.41) is 9.72. The van der Waals surface area contributed by atoms with Gasteiger partial charge in [0.25, 0.3) is 0 Å². The highest BCUT2D eigenvalue weighted by atomic mass is 28.4. The predicted octanol–water partition coefficient (Wildman–Crippen LogP) is 5.40. The van der Waals surface area contributed by atoms with Gasteiger partial charge in [0.05, 0.1) is 25.9 Å². The van der Waals surface area contributed by atoms with Crippen LogP contribution in [0, 0.1) is 5.92 Å². The molecule has 1 rings (SSSR count). The topological polar surface area (TPSA) is 47.9 Å². The van der Waals surface area contributed by atoms with E-state index in [0.29, 0.717) is 13.0 Å². The first-order chi connectivity index (χ1) is 12.6. The van der Waals surface area contributed by atoms with Gasteiger partial charge in [0.15, 0.2) is 8.32 Å². The molecule has 3 atom stereocenters. The van der Waals surface area contributed by atoms with Gasteiger partial charge in [-0.1, -0.05) is 46.8 Å². The van der Waals surface area contributed by atoms with Crippen molar-refractivity contribution in [2.24, 2.45) is 5.92 Å². The summed E-state index contributed by atoms with van der Waals surface area (Å²) in [6.45, 7) is 16.3. The van der Waals surface area contributed by atoms with Gasteiger partial charge in [-0.3, -0.25) is 0 Å². The van der Waals surface area contributed by atoms with Gasteiger partial charge in [-0.05, 0) is 48.7 Å². The van der Waals surface area contributed by atoms with Gasteiger partial charge >= 0.3 is 0 Å². The summed E-state index contributed by atoms with van der Waals surface area (Å²) < 4.78 is 18.1. The summed E-state index contributed by atoms with van der Waals surface area (Å²) in [5.41, 5.74) is 1.13. The van der Waals surface area contributed by atoms with E-state index in [-0.39, 0.29) is 29.8 Å². The zero-order chi connectivity index (χ0) is 20.7. The van der Waals surface area contributed by atoms with Crippen molar-refractivity contribution >= 4 is 8.32 Å². The van der Waals surface area contributed by atoms with Gasteiger partial charge in [0.2, 0.25) is 0 Å². The molecular weight excluding hydrogens is 356 g/mol. The van der Waals surface area contributed by atoms with Crippen LogP contribution in [-0.2, 0) is 15.8 Å². The van der Waals surface area contributed by atoms with Gasteiger partial charge in [0, 0.05) is 12.5 Å². The lowest BCUT2D eigenvalue weighted by Crippen LogP contribution is -2.47. The Morgan fingerprint density at radius 1 is 1.07 bits per heavy atom. The van der Waals surface area contributed by atoms with Crippen LogP contribution in [0.5, 0.6) is 5.75 Å². The van der Waals surface area contributed by atoms with E-state index < -0.39 is 8.32 Å². The lowest BCUT2D eigenvalue weighted by atomic mass is 9.94. The largest absolute Gasteiger partial charge is 0.497 e. The van der Waals surface area contributed by atoms with Crippen molar-refractivity contribution in [2.75, 3.05) is 13.7 Å². The zero-order valence-electron chi connectivity index (χ0n) is 18.5. The molecule has 0 heterocycles. The molecule has 156 valence electrons. The average molecular weight is 397 g/mol. The van der Waals surface area contributed by atoms with Crippen LogP contribution in [0.25, 0.3) is 0 Å². The van der Waals surface area contributed by atoms with E-state index in [4.69, 9.17) is 13.9 Å². The second kappa shape index (κ2) is 10.6. The third-order valence-electron chi connectivity index (χ3n) is 5.86. The van der Waals surface area contributed by atoms with E-state index in [1.54, 1.807) is 7.11 Å². The number of hydrogen-bond acceptors (Lipinski definition) is 4. The first-order valence-electron chi connectivity index (χ1n) is 10.1. The average Bonchev–Trinajstić information content (AvgIpc) is 2.61. The van der Waals surface area contributed by atoms with Crippen LogP contribution >= 0.6 is 0 Å². The van der Waals surface area contributed by atoms with Gasteiger partial charge < -0.3 is 19.0 Å². The molecule has 0 fully saturated rings. The van der Waals surface area contributed by atoms with Gasteiger partial charge in [-0.25, -0.2) is 0 Å². The SMILES string of the molecule is CC[C@@H](OCc1ccc(OC)cc1)[C@H](C)[C@H](CCO)O[Si](C)(C)C(C)(C)C. The predicted molar refractivity (Wildman–Crippen MR) is 115 cm³/mol. The van der Waals surface area contributed by atoms with Crippen molar-refractivity contribution in [2.45, 2.75) is 84.4 Å². The van der Waals surface area contributed by atoms with Gasteiger partial charge in [-0.2, -0.15) is 0 Å². The fourth-order valence-electron chi connectivity index (χ4n) is 2.92. The van der Waals surface area contributed by atoms with Crippen LogP contribution in [0.1, 0.15) is 53.0 Å². The van der Waals surface area contributed by atoms with Crippen LogP contribution in [0.2, 0.25) is 18.1 Å². The standard InChI is InChI=1S/C22H40O4Si/c1-9-20(25-16-18-10-12-19(24-6)13-11-18)17(2)21(14-15-23)26-27(7,8)22(3,4)5/h10-13,17,20-21,23H,9,14-16H2,1-8H3/t17-,20+,21-/m0/s1. The second-order valence-electron chi connectivity index (χ2n) is 8.89. The Morgan fingerprint density at radius 2 is 1.67 bits per heavy atom. The van der Waals surface area contributed by atoms with Crippen LogP contribution in [-0.4, -0.2) is 39.3 Å². The normalized spacial score (nSPS) is 16.0. The molecule has 0 aliphatic rings.